The van der Waals surface area contributed by atoms with E-state index in [2.05, 4.69) is 83.3 Å². The fourth-order valence-corrected chi connectivity index (χ4v) is 5.32. The molecule has 0 atom stereocenters. The topological polar surface area (TPSA) is 54.8 Å². The summed E-state index contributed by atoms with van der Waals surface area (Å²) in [5, 5.41) is 2.18. The average molecular weight is 466 g/mol. The summed E-state index contributed by atoms with van der Waals surface area (Å²) in [5.74, 6) is 1.77. The molecular weight excluding hydrogens is 442 g/mol. The third kappa shape index (κ3) is 3.02. The Bertz CT molecular complexity index is 1780. The second-order valence-electron chi connectivity index (χ2n) is 9.66. The summed E-state index contributed by atoms with van der Waals surface area (Å²) < 4.78 is 0. The molecule has 0 bridgehead atoms. The van der Waals surface area contributed by atoms with Gasteiger partial charge in [-0.15, -0.1) is 0 Å². The first kappa shape index (κ1) is 20.7. The van der Waals surface area contributed by atoms with Crippen molar-refractivity contribution in [3.8, 4) is 11.3 Å². The SMILES string of the molecule is CC1(C)c2cc(-c3ccc4ccc5cccnc5c4n3)ccc2N(c2ccccn2)c2ncccc21. The van der Waals surface area contributed by atoms with Crippen molar-refractivity contribution in [3.63, 3.8) is 0 Å². The van der Waals surface area contributed by atoms with Crippen LogP contribution in [0.5, 0.6) is 0 Å². The van der Waals surface area contributed by atoms with Gasteiger partial charge < -0.3 is 0 Å². The Labute approximate surface area is 209 Å². The monoisotopic (exact) mass is 465 g/mol. The van der Waals surface area contributed by atoms with Gasteiger partial charge in [-0.1, -0.05) is 56.3 Å². The molecule has 4 aromatic heterocycles. The molecule has 0 unspecified atom stereocenters. The van der Waals surface area contributed by atoms with Crippen molar-refractivity contribution in [1.29, 1.82) is 0 Å². The molecule has 0 saturated heterocycles. The highest BCUT2D eigenvalue weighted by molar-refractivity contribution is 6.03. The van der Waals surface area contributed by atoms with Crippen molar-refractivity contribution in [2.45, 2.75) is 19.3 Å². The summed E-state index contributed by atoms with van der Waals surface area (Å²) in [6.07, 6.45) is 5.50. The number of aromatic nitrogens is 4. The lowest BCUT2D eigenvalue weighted by Crippen LogP contribution is -2.31. The first-order chi connectivity index (χ1) is 17.6. The maximum absolute atomic E-state index is 5.09. The molecule has 172 valence electrons. The molecule has 5 heteroatoms. The molecule has 0 radical (unpaired) electrons. The highest BCUT2D eigenvalue weighted by atomic mass is 15.2. The summed E-state index contributed by atoms with van der Waals surface area (Å²) in [6.45, 7) is 4.52. The number of fused-ring (bicyclic) bond motifs is 5. The standard InChI is InChI=1S/C31H23N5/c1-31(2)23-8-6-18-34-30(23)36(27-9-3-4-16-32-27)26-15-13-22(19-24(26)31)25-14-12-21-11-10-20-7-5-17-33-28(20)29(21)35-25/h3-19H,1-2H3. The van der Waals surface area contributed by atoms with Crippen LogP contribution >= 0.6 is 0 Å². The predicted octanol–water partition coefficient (Wildman–Crippen LogP) is 7.35. The van der Waals surface area contributed by atoms with E-state index >= 15 is 0 Å². The van der Waals surface area contributed by atoms with E-state index in [4.69, 9.17) is 9.97 Å². The molecule has 0 aliphatic carbocycles. The van der Waals surface area contributed by atoms with Crippen molar-refractivity contribution in [2.75, 3.05) is 4.90 Å². The van der Waals surface area contributed by atoms with Gasteiger partial charge in [-0.3, -0.25) is 9.88 Å². The van der Waals surface area contributed by atoms with Gasteiger partial charge in [0.2, 0.25) is 0 Å². The molecule has 7 rings (SSSR count). The third-order valence-corrected chi connectivity index (χ3v) is 7.19. The predicted molar refractivity (Wildman–Crippen MR) is 145 cm³/mol. The maximum Gasteiger partial charge on any atom is 0.142 e. The van der Waals surface area contributed by atoms with Crippen LogP contribution in [0, 0.1) is 0 Å². The first-order valence-corrected chi connectivity index (χ1v) is 12.1. The van der Waals surface area contributed by atoms with Crippen molar-refractivity contribution in [1.82, 2.24) is 19.9 Å². The summed E-state index contributed by atoms with van der Waals surface area (Å²) in [6, 6.07) is 29.2. The van der Waals surface area contributed by atoms with Crippen molar-refractivity contribution in [2.24, 2.45) is 0 Å². The molecule has 0 fully saturated rings. The number of hydrogen-bond donors (Lipinski definition) is 0. The molecule has 2 aromatic carbocycles. The van der Waals surface area contributed by atoms with Gasteiger partial charge in [0.15, 0.2) is 0 Å². The number of rotatable bonds is 2. The molecule has 0 saturated carbocycles. The van der Waals surface area contributed by atoms with Gasteiger partial charge in [0.25, 0.3) is 0 Å². The Morgan fingerprint density at radius 1 is 0.639 bits per heavy atom. The fourth-order valence-electron chi connectivity index (χ4n) is 5.32. The minimum absolute atomic E-state index is 0.245. The van der Waals surface area contributed by atoms with Gasteiger partial charge in [-0.05, 0) is 48.0 Å². The normalized spacial score (nSPS) is 14.0. The van der Waals surface area contributed by atoms with E-state index in [1.54, 1.807) is 0 Å². The molecule has 0 spiro atoms. The Morgan fingerprint density at radius 2 is 1.42 bits per heavy atom. The molecule has 1 aliphatic heterocycles. The van der Waals surface area contributed by atoms with E-state index in [0.717, 1.165) is 50.4 Å². The Kier molecular flexibility index (Phi) is 4.42. The van der Waals surface area contributed by atoms with E-state index in [-0.39, 0.29) is 5.41 Å². The lowest BCUT2D eigenvalue weighted by Gasteiger charge is -2.40. The fraction of sp³-hybridized carbons (Fsp3) is 0.0968. The number of hydrogen-bond acceptors (Lipinski definition) is 5. The van der Waals surface area contributed by atoms with Gasteiger partial charge in [-0.25, -0.2) is 15.0 Å². The van der Waals surface area contributed by atoms with E-state index in [1.807, 2.05) is 48.9 Å². The molecule has 0 N–H and O–H groups in total. The molecule has 0 amide bonds. The summed E-state index contributed by atoms with van der Waals surface area (Å²) in [4.78, 5) is 21.3. The second-order valence-corrected chi connectivity index (χ2v) is 9.66. The van der Waals surface area contributed by atoms with E-state index in [9.17, 15) is 0 Å². The third-order valence-electron chi connectivity index (χ3n) is 7.19. The Morgan fingerprint density at radius 3 is 2.28 bits per heavy atom. The highest BCUT2D eigenvalue weighted by Gasteiger charge is 2.38. The molecule has 36 heavy (non-hydrogen) atoms. The van der Waals surface area contributed by atoms with Gasteiger partial charge in [0.1, 0.15) is 11.6 Å². The molecule has 5 nitrogen and oxygen atoms in total. The highest BCUT2D eigenvalue weighted by Crippen LogP contribution is 2.51. The lowest BCUT2D eigenvalue weighted by atomic mass is 9.74. The van der Waals surface area contributed by atoms with Crippen LogP contribution in [0.1, 0.15) is 25.0 Å². The molecule has 6 aromatic rings. The van der Waals surface area contributed by atoms with Crippen LogP contribution in [0.25, 0.3) is 33.1 Å². The van der Waals surface area contributed by atoms with Gasteiger partial charge in [0, 0.05) is 45.9 Å². The minimum atomic E-state index is -0.245. The Hall–Kier alpha value is -4.64. The minimum Gasteiger partial charge on any atom is -0.278 e. The Balaban J connectivity index is 1.44. The first-order valence-electron chi connectivity index (χ1n) is 12.1. The van der Waals surface area contributed by atoms with Crippen LogP contribution in [-0.2, 0) is 5.41 Å². The molecule has 5 heterocycles. The largest absolute Gasteiger partial charge is 0.278 e. The quantitative estimate of drug-likeness (QED) is 0.250. The van der Waals surface area contributed by atoms with Crippen LogP contribution in [0.2, 0.25) is 0 Å². The number of benzene rings is 2. The van der Waals surface area contributed by atoms with Gasteiger partial charge in [-0.2, -0.15) is 0 Å². The smallest absolute Gasteiger partial charge is 0.142 e. The summed E-state index contributed by atoms with van der Waals surface area (Å²) >= 11 is 0. The molecule has 1 aliphatic rings. The molecular formula is C31H23N5. The summed E-state index contributed by atoms with van der Waals surface area (Å²) in [7, 11) is 0. The van der Waals surface area contributed by atoms with Crippen molar-refractivity contribution < 1.29 is 0 Å². The zero-order chi connectivity index (χ0) is 24.3. The number of pyridine rings is 4. The lowest BCUT2D eigenvalue weighted by molar-refractivity contribution is 0.627. The number of nitrogens with zero attached hydrogens (tertiary/aromatic N) is 5. The van der Waals surface area contributed by atoms with E-state index < -0.39 is 0 Å². The van der Waals surface area contributed by atoms with Crippen molar-refractivity contribution >= 4 is 39.1 Å². The van der Waals surface area contributed by atoms with Crippen LogP contribution in [0.4, 0.5) is 17.3 Å². The van der Waals surface area contributed by atoms with Crippen LogP contribution in [-0.4, -0.2) is 19.9 Å². The average Bonchev–Trinajstić information content (AvgIpc) is 2.93. The zero-order valence-electron chi connectivity index (χ0n) is 20.1. The van der Waals surface area contributed by atoms with Crippen LogP contribution in [0.3, 0.4) is 0 Å². The van der Waals surface area contributed by atoms with Gasteiger partial charge >= 0.3 is 0 Å². The zero-order valence-corrected chi connectivity index (χ0v) is 20.1. The van der Waals surface area contributed by atoms with Crippen LogP contribution in [0.15, 0.2) is 104 Å². The summed E-state index contributed by atoms with van der Waals surface area (Å²) in [5.41, 5.74) is 7.08. The van der Waals surface area contributed by atoms with Gasteiger partial charge in [0.05, 0.1) is 22.4 Å². The number of anilines is 3. The maximum atomic E-state index is 5.09. The van der Waals surface area contributed by atoms with E-state index in [1.165, 1.54) is 11.1 Å². The van der Waals surface area contributed by atoms with Crippen molar-refractivity contribution in [3.05, 3.63) is 115 Å². The van der Waals surface area contributed by atoms with E-state index in [0.29, 0.717) is 0 Å². The van der Waals surface area contributed by atoms with Crippen LogP contribution < -0.4 is 4.90 Å². The second kappa shape index (κ2) is 7.68.